The molecule has 0 aromatic rings. The van der Waals surface area contributed by atoms with Crippen molar-refractivity contribution in [3.05, 3.63) is 0 Å². The minimum Gasteiger partial charge on any atom is -0.360 e. The molecule has 1 unspecified atom stereocenters. The maximum Gasteiger partial charge on any atom is 0.320 e. The topological polar surface area (TPSA) is 72.8 Å². The minimum absolute atomic E-state index is 0. The number of hydrogen-bond donors (Lipinski definition) is 1. The first-order chi connectivity index (χ1) is 10.6. The predicted octanol–water partition coefficient (Wildman–Crippen LogP) is 4.49. The number of unbranched alkanes of at least 4 members (excludes halogenated alkanes) is 10. The Morgan fingerprint density at radius 3 is 1.65 bits per heavy atom. The van der Waals surface area contributed by atoms with Crippen LogP contribution in [0.4, 0.5) is 0 Å². The van der Waals surface area contributed by atoms with Crippen LogP contribution < -0.4 is 0 Å². The average molecular weight is 362 g/mol. The molecule has 0 aromatic heterocycles. The van der Waals surface area contributed by atoms with Gasteiger partial charge in [-0.05, 0) is 12.8 Å². The zero-order valence-corrected chi connectivity index (χ0v) is 18.1. The Morgan fingerprint density at radius 1 is 0.826 bits per heavy atom. The van der Waals surface area contributed by atoms with Gasteiger partial charge in [-0.15, -0.1) is 4.33 Å². The van der Waals surface area contributed by atoms with Gasteiger partial charge in [0, 0.05) is 36.2 Å². The molecule has 1 N–H and O–H groups in total. The van der Waals surface area contributed by atoms with E-state index in [4.69, 9.17) is 9.99 Å². The van der Waals surface area contributed by atoms with Gasteiger partial charge in [-0.2, -0.15) is 8.42 Å². The molecule has 0 saturated heterocycles. The van der Waals surface area contributed by atoms with Gasteiger partial charge >= 0.3 is 10.1 Å². The second kappa shape index (κ2) is 17.6. The first-order valence-corrected chi connectivity index (χ1v) is 10.2. The molecule has 0 heterocycles. The van der Waals surface area contributed by atoms with Crippen molar-refractivity contribution < 1.29 is 22.7 Å². The van der Waals surface area contributed by atoms with Gasteiger partial charge in [-0.3, -0.25) is 0 Å². The summed E-state index contributed by atoms with van der Waals surface area (Å²) in [6, 6.07) is 0. The van der Waals surface area contributed by atoms with E-state index in [-0.39, 0.29) is 36.0 Å². The molecule has 0 fully saturated rings. The summed E-state index contributed by atoms with van der Waals surface area (Å²) < 4.78 is 31.3. The van der Waals surface area contributed by atoms with Crippen LogP contribution in [0.25, 0.3) is 0 Å². The standard InChI is InChI=1S/C16H34O5S.Na/c1-3-5-6-7-8-9-10-11-12-13-14-15-20-16(4-2)22(18,19)21-17;/h16-17H,3-15H2,1-2H3;. The molecule has 0 saturated carbocycles. The maximum atomic E-state index is 11.3. The van der Waals surface area contributed by atoms with Crippen molar-refractivity contribution in [1.29, 1.82) is 0 Å². The van der Waals surface area contributed by atoms with Crippen LogP contribution >= 0.6 is 0 Å². The van der Waals surface area contributed by atoms with Crippen LogP contribution in [0, 0.1) is 0 Å². The van der Waals surface area contributed by atoms with E-state index >= 15 is 0 Å². The molecule has 0 bridgehead atoms. The first-order valence-electron chi connectivity index (χ1n) is 8.77. The Kier molecular flexibility index (Phi) is 20.0. The third-order valence-corrected chi connectivity index (χ3v) is 5.13. The van der Waals surface area contributed by atoms with Crippen molar-refractivity contribution in [3.8, 4) is 0 Å². The maximum absolute atomic E-state index is 11.3. The van der Waals surface area contributed by atoms with Gasteiger partial charge in [0.2, 0.25) is 0 Å². The van der Waals surface area contributed by atoms with E-state index in [2.05, 4.69) is 11.3 Å². The molecule has 7 heteroatoms. The van der Waals surface area contributed by atoms with Crippen LogP contribution in [0.1, 0.15) is 90.9 Å². The Hall–Kier alpha value is 0.830. The third kappa shape index (κ3) is 14.8. The fraction of sp³-hybridized carbons (Fsp3) is 1.00. The molecule has 0 aliphatic rings. The van der Waals surface area contributed by atoms with E-state index in [1.54, 1.807) is 6.92 Å². The van der Waals surface area contributed by atoms with Gasteiger partial charge in [-0.25, -0.2) is 5.26 Å². The van der Waals surface area contributed by atoms with Crippen molar-refractivity contribution in [2.75, 3.05) is 6.61 Å². The van der Waals surface area contributed by atoms with Gasteiger partial charge in [0.05, 0.1) is 0 Å². The SMILES string of the molecule is CCCCCCCCCCCCCOC(CC)S(=O)(=O)OO.[Na]. The van der Waals surface area contributed by atoms with Crippen LogP contribution in [0.5, 0.6) is 0 Å². The summed E-state index contributed by atoms with van der Waals surface area (Å²) in [6.07, 6.45) is 13.9. The average Bonchev–Trinajstić information content (AvgIpc) is 2.51. The van der Waals surface area contributed by atoms with E-state index < -0.39 is 15.6 Å². The quantitative estimate of drug-likeness (QED) is 0.190. The van der Waals surface area contributed by atoms with Crippen LogP contribution in [-0.4, -0.2) is 55.3 Å². The second-order valence-electron chi connectivity index (χ2n) is 5.81. The summed E-state index contributed by atoms with van der Waals surface area (Å²) >= 11 is 0. The van der Waals surface area contributed by atoms with Crippen LogP contribution in [0.3, 0.4) is 0 Å². The Morgan fingerprint density at radius 2 is 1.26 bits per heavy atom. The zero-order chi connectivity index (χ0) is 16.7. The number of ether oxygens (including phenoxy) is 1. The molecule has 135 valence electrons. The molecule has 5 nitrogen and oxygen atoms in total. The summed E-state index contributed by atoms with van der Waals surface area (Å²) in [5.74, 6) is 0. The van der Waals surface area contributed by atoms with Gasteiger partial charge in [0.15, 0.2) is 5.44 Å². The summed E-state index contributed by atoms with van der Waals surface area (Å²) in [7, 11) is -3.99. The molecule has 1 atom stereocenters. The Labute approximate surface area is 164 Å². The first kappa shape index (κ1) is 26.1. The monoisotopic (exact) mass is 361 g/mol. The summed E-state index contributed by atoms with van der Waals surface area (Å²) in [5.41, 5.74) is -1.07. The Balaban J connectivity index is 0. The molecule has 0 rings (SSSR count). The van der Waals surface area contributed by atoms with Crippen molar-refractivity contribution in [2.45, 2.75) is 96.3 Å². The van der Waals surface area contributed by atoms with Gasteiger partial charge in [0.25, 0.3) is 0 Å². The summed E-state index contributed by atoms with van der Waals surface area (Å²) in [6.45, 7) is 4.30. The van der Waals surface area contributed by atoms with E-state index in [0.29, 0.717) is 6.61 Å². The molecular formula is C16H34NaO5S. The van der Waals surface area contributed by atoms with Crippen molar-refractivity contribution in [3.63, 3.8) is 0 Å². The molecular weight excluding hydrogens is 327 g/mol. The number of hydrogen-bond acceptors (Lipinski definition) is 5. The largest absolute Gasteiger partial charge is 0.360 e. The molecule has 0 aliphatic heterocycles. The Bertz CT molecular complexity index is 335. The van der Waals surface area contributed by atoms with E-state index in [1.807, 2.05) is 0 Å². The van der Waals surface area contributed by atoms with Crippen LogP contribution in [-0.2, 0) is 19.2 Å². The molecule has 0 spiro atoms. The summed E-state index contributed by atoms with van der Waals surface area (Å²) in [4.78, 5) is 0. The van der Waals surface area contributed by atoms with Crippen molar-refractivity contribution in [2.24, 2.45) is 0 Å². The summed E-state index contributed by atoms with van der Waals surface area (Å²) in [5, 5.41) is 8.32. The fourth-order valence-corrected chi connectivity index (χ4v) is 3.20. The van der Waals surface area contributed by atoms with Gasteiger partial charge in [-0.1, -0.05) is 78.1 Å². The van der Waals surface area contributed by atoms with Crippen molar-refractivity contribution >= 4 is 39.7 Å². The zero-order valence-electron chi connectivity index (χ0n) is 15.3. The second-order valence-corrected chi connectivity index (χ2v) is 7.47. The number of rotatable bonds is 16. The smallest absolute Gasteiger partial charge is 0.320 e. The van der Waals surface area contributed by atoms with E-state index in [9.17, 15) is 8.42 Å². The van der Waals surface area contributed by atoms with Gasteiger partial charge in [0.1, 0.15) is 0 Å². The molecule has 0 aromatic carbocycles. The van der Waals surface area contributed by atoms with E-state index in [0.717, 1.165) is 12.8 Å². The van der Waals surface area contributed by atoms with E-state index in [1.165, 1.54) is 57.8 Å². The van der Waals surface area contributed by atoms with Crippen LogP contribution in [0.2, 0.25) is 0 Å². The van der Waals surface area contributed by atoms with Crippen LogP contribution in [0.15, 0.2) is 0 Å². The minimum atomic E-state index is -3.99. The molecule has 1 radical (unpaired) electrons. The van der Waals surface area contributed by atoms with Crippen molar-refractivity contribution in [1.82, 2.24) is 0 Å². The van der Waals surface area contributed by atoms with Gasteiger partial charge < -0.3 is 4.74 Å². The normalized spacial score (nSPS) is 12.8. The molecule has 23 heavy (non-hydrogen) atoms. The molecule has 0 aliphatic carbocycles. The fourth-order valence-electron chi connectivity index (χ4n) is 2.43. The molecule has 0 amide bonds. The predicted molar refractivity (Wildman–Crippen MR) is 94.9 cm³/mol. The third-order valence-electron chi connectivity index (χ3n) is 3.81.